The Hall–Kier alpha value is -1.69. The summed E-state index contributed by atoms with van der Waals surface area (Å²) in [5, 5.41) is 4.29. The van der Waals surface area contributed by atoms with Gasteiger partial charge in [0.25, 0.3) is 5.56 Å². The molecule has 126 valence electrons. The molecule has 6 nitrogen and oxygen atoms in total. The maximum absolute atomic E-state index is 12.0. The molecule has 1 aromatic heterocycles. The fourth-order valence-electron chi connectivity index (χ4n) is 3.44. The van der Waals surface area contributed by atoms with Gasteiger partial charge in [0, 0.05) is 51.1 Å². The van der Waals surface area contributed by atoms with Gasteiger partial charge in [-0.1, -0.05) is 6.42 Å². The summed E-state index contributed by atoms with van der Waals surface area (Å²) in [6, 6.07) is 3.34. The highest BCUT2D eigenvalue weighted by atomic mass is 16.2. The Morgan fingerprint density at radius 3 is 2.78 bits per heavy atom. The summed E-state index contributed by atoms with van der Waals surface area (Å²) >= 11 is 0. The lowest BCUT2D eigenvalue weighted by atomic mass is 10.0. The summed E-state index contributed by atoms with van der Waals surface area (Å²) in [6.45, 7) is 7.28. The van der Waals surface area contributed by atoms with Gasteiger partial charge < -0.3 is 9.80 Å². The van der Waals surface area contributed by atoms with E-state index >= 15 is 0 Å². The van der Waals surface area contributed by atoms with Gasteiger partial charge in [-0.2, -0.15) is 5.10 Å². The van der Waals surface area contributed by atoms with Crippen molar-refractivity contribution >= 4 is 5.91 Å². The lowest BCUT2D eigenvalue weighted by molar-refractivity contribution is -0.131. The minimum atomic E-state index is -0.0239. The zero-order valence-electron chi connectivity index (χ0n) is 13.9. The monoisotopic (exact) mass is 318 g/mol. The average molecular weight is 318 g/mol. The second kappa shape index (κ2) is 7.25. The molecule has 23 heavy (non-hydrogen) atoms. The summed E-state index contributed by atoms with van der Waals surface area (Å²) in [4.78, 5) is 28.1. The standard InChI is InChI=1S/C17H26N4O2/c1-14-6-7-17(23)21(18-14)13-15-11-19(12-15)9-10-20-8-4-2-3-5-16(20)22/h6-7,15H,2-5,8-13H2,1H3. The van der Waals surface area contributed by atoms with Gasteiger partial charge in [0.05, 0.1) is 12.2 Å². The maximum atomic E-state index is 12.0. The van der Waals surface area contributed by atoms with Crippen molar-refractivity contribution in [3.8, 4) is 0 Å². The van der Waals surface area contributed by atoms with Crippen molar-refractivity contribution in [3.63, 3.8) is 0 Å². The zero-order valence-corrected chi connectivity index (χ0v) is 13.9. The normalized spacial score (nSPS) is 20.4. The van der Waals surface area contributed by atoms with Crippen molar-refractivity contribution in [3.05, 3.63) is 28.2 Å². The lowest BCUT2D eigenvalue weighted by Gasteiger charge is -2.40. The van der Waals surface area contributed by atoms with Crippen LogP contribution in [0.1, 0.15) is 31.4 Å². The van der Waals surface area contributed by atoms with E-state index in [1.54, 1.807) is 16.8 Å². The number of likely N-dealkylation sites (tertiary alicyclic amines) is 2. The van der Waals surface area contributed by atoms with E-state index in [1.807, 2.05) is 11.8 Å². The van der Waals surface area contributed by atoms with Gasteiger partial charge in [-0.3, -0.25) is 9.59 Å². The molecule has 1 aromatic rings. The summed E-state index contributed by atoms with van der Waals surface area (Å²) in [5.41, 5.74) is 0.852. The van der Waals surface area contributed by atoms with Crippen LogP contribution in [0.25, 0.3) is 0 Å². The maximum Gasteiger partial charge on any atom is 0.266 e. The van der Waals surface area contributed by atoms with E-state index in [0.29, 0.717) is 24.8 Å². The summed E-state index contributed by atoms with van der Waals surface area (Å²) < 4.78 is 1.58. The van der Waals surface area contributed by atoms with Gasteiger partial charge in [-0.05, 0) is 25.8 Å². The van der Waals surface area contributed by atoms with Crippen LogP contribution in [0.3, 0.4) is 0 Å². The molecular weight excluding hydrogens is 292 g/mol. The number of aromatic nitrogens is 2. The molecule has 0 atom stereocenters. The van der Waals surface area contributed by atoms with E-state index in [9.17, 15) is 9.59 Å². The van der Waals surface area contributed by atoms with Crippen LogP contribution in [0.5, 0.6) is 0 Å². The molecule has 2 aliphatic rings. The highest BCUT2D eigenvalue weighted by Crippen LogP contribution is 2.17. The second-order valence-corrected chi connectivity index (χ2v) is 6.81. The van der Waals surface area contributed by atoms with Crippen LogP contribution >= 0.6 is 0 Å². The molecule has 0 N–H and O–H groups in total. The third-order valence-corrected chi connectivity index (χ3v) is 4.82. The van der Waals surface area contributed by atoms with Crippen molar-refractivity contribution in [2.75, 3.05) is 32.7 Å². The first-order valence-electron chi connectivity index (χ1n) is 8.67. The van der Waals surface area contributed by atoms with Crippen LogP contribution in [-0.4, -0.2) is 58.2 Å². The number of nitrogens with zero attached hydrogens (tertiary/aromatic N) is 4. The first-order valence-corrected chi connectivity index (χ1v) is 8.67. The molecule has 2 saturated heterocycles. The van der Waals surface area contributed by atoms with E-state index in [1.165, 1.54) is 6.42 Å². The van der Waals surface area contributed by atoms with Gasteiger partial charge in [0.1, 0.15) is 0 Å². The highest BCUT2D eigenvalue weighted by Gasteiger charge is 2.28. The van der Waals surface area contributed by atoms with E-state index in [-0.39, 0.29) is 5.56 Å². The number of hydrogen-bond acceptors (Lipinski definition) is 4. The Labute approximate surface area is 137 Å². The highest BCUT2D eigenvalue weighted by molar-refractivity contribution is 5.76. The third kappa shape index (κ3) is 4.19. The first-order chi connectivity index (χ1) is 11.1. The Kier molecular flexibility index (Phi) is 5.10. The van der Waals surface area contributed by atoms with Crippen molar-refractivity contribution in [1.82, 2.24) is 19.6 Å². The predicted octanol–water partition coefficient (Wildman–Crippen LogP) is 0.886. The largest absolute Gasteiger partial charge is 0.341 e. The molecule has 0 aliphatic carbocycles. The summed E-state index contributed by atoms with van der Waals surface area (Å²) in [7, 11) is 0. The topological polar surface area (TPSA) is 58.4 Å². The summed E-state index contributed by atoms with van der Waals surface area (Å²) in [6.07, 6.45) is 4.06. The van der Waals surface area contributed by atoms with Crippen LogP contribution in [0.4, 0.5) is 0 Å². The van der Waals surface area contributed by atoms with Crippen molar-refractivity contribution in [1.29, 1.82) is 0 Å². The van der Waals surface area contributed by atoms with Crippen LogP contribution in [-0.2, 0) is 11.3 Å². The predicted molar refractivity (Wildman–Crippen MR) is 88.2 cm³/mol. The van der Waals surface area contributed by atoms with Crippen molar-refractivity contribution in [2.45, 2.75) is 39.2 Å². The molecule has 0 saturated carbocycles. The first kappa shape index (κ1) is 16.2. The van der Waals surface area contributed by atoms with E-state index in [0.717, 1.165) is 51.3 Å². The second-order valence-electron chi connectivity index (χ2n) is 6.81. The molecule has 0 unspecified atom stereocenters. The summed E-state index contributed by atoms with van der Waals surface area (Å²) in [5.74, 6) is 0.803. The third-order valence-electron chi connectivity index (χ3n) is 4.82. The molecule has 3 rings (SSSR count). The molecule has 1 amide bonds. The molecule has 0 radical (unpaired) electrons. The molecule has 0 aromatic carbocycles. The number of amides is 1. The van der Waals surface area contributed by atoms with E-state index in [4.69, 9.17) is 0 Å². The molecule has 0 bridgehead atoms. The van der Waals surface area contributed by atoms with E-state index < -0.39 is 0 Å². The fourth-order valence-corrected chi connectivity index (χ4v) is 3.44. The lowest BCUT2D eigenvalue weighted by Crippen LogP contribution is -2.52. The number of aryl methyl sites for hydroxylation is 1. The number of rotatable bonds is 5. The minimum Gasteiger partial charge on any atom is -0.341 e. The average Bonchev–Trinajstić information content (AvgIpc) is 2.69. The smallest absolute Gasteiger partial charge is 0.266 e. The van der Waals surface area contributed by atoms with Crippen molar-refractivity contribution < 1.29 is 4.79 Å². The fraction of sp³-hybridized carbons (Fsp3) is 0.706. The van der Waals surface area contributed by atoms with Crippen LogP contribution < -0.4 is 5.56 Å². The quantitative estimate of drug-likeness (QED) is 0.809. The minimum absolute atomic E-state index is 0.0239. The molecule has 3 heterocycles. The Morgan fingerprint density at radius 2 is 1.96 bits per heavy atom. The Bertz CT molecular complexity index is 607. The van der Waals surface area contributed by atoms with E-state index in [2.05, 4.69) is 10.00 Å². The van der Waals surface area contributed by atoms with Crippen LogP contribution in [0, 0.1) is 12.8 Å². The molecule has 6 heteroatoms. The zero-order chi connectivity index (χ0) is 16.2. The van der Waals surface area contributed by atoms with Gasteiger partial charge in [0.2, 0.25) is 5.91 Å². The SMILES string of the molecule is Cc1ccc(=O)n(CC2CN(CCN3CCCCCC3=O)C2)n1. The number of carbonyl (C=O) groups is 1. The van der Waals surface area contributed by atoms with Gasteiger partial charge in [-0.15, -0.1) is 0 Å². The Balaban J connectivity index is 1.42. The molecule has 2 aliphatic heterocycles. The number of carbonyl (C=O) groups excluding carboxylic acids is 1. The number of hydrogen-bond donors (Lipinski definition) is 0. The van der Waals surface area contributed by atoms with Crippen molar-refractivity contribution in [2.24, 2.45) is 5.92 Å². The Morgan fingerprint density at radius 1 is 1.13 bits per heavy atom. The molecular formula is C17H26N4O2. The van der Waals surface area contributed by atoms with Crippen LogP contribution in [0.15, 0.2) is 16.9 Å². The molecule has 2 fully saturated rings. The molecule has 0 spiro atoms. The van der Waals surface area contributed by atoms with Gasteiger partial charge >= 0.3 is 0 Å². The van der Waals surface area contributed by atoms with Gasteiger partial charge in [-0.25, -0.2) is 4.68 Å². The van der Waals surface area contributed by atoms with Gasteiger partial charge in [0.15, 0.2) is 0 Å². The van der Waals surface area contributed by atoms with Crippen LogP contribution in [0.2, 0.25) is 0 Å².